The van der Waals surface area contributed by atoms with Gasteiger partial charge in [-0.3, -0.25) is 4.90 Å². The smallest absolute Gasteiger partial charge is 0.129 e. The van der Waals surface area contributed by atoms with Crippen LogP contribution in [0.25, 0.3) is 0 Å². The summed E-state index contributed by atoms with van der Waals surface area (Å²) in [5.41, 5.74) is 2.19. The summed E-state index contributed by atoms with van der Waals surface area (Å²) in [5, 5.41) is 8.80. The standard InChI is InChI=1S/C19H20FN3O/c1-24-18-6-4-17(5-7-18)23-10-8-22(9-11-23)14-16-3-2-15(13-21)12-19(16)20/h2-7,12H,8-11,14H2,1H3. The summed E-state index contributed by atoms with van der Waals surface area (Å²) in [6.07, 6.45) is 0. The Hall–Kier alpha value is -2.58. The minimum absolute atomic E-state index is 0.299. The minimum atomic E-state index is -0.299. The van der Waals surface area contributed by atoms with Gasteiger partial charge in [0.05, 0.1) is 18.7 Å². The largest absolute Gasteiger partial charge is 0.497 e. The van der Waals surface area contributed by atoms with Gasteiger partial charge in [-0.1, -0.05) is 6.07 Å². The summed E-state index contributed by atoms with van der Waals surface area (Å²) in [6, 6.07) is 14.7. The highest BCUT2D eigenvalue weighted by Crippen LogP contribution is 2.21. The van der Waals surface area contributed by atoms with E-state index in [1.807, 2.05) is 18.2 Å². The SMILES string of the molecule is COc1ccc(N2CCN(Cc3ccc(C#N)cc3F)CC2)cc1. The van der Waals surface area contributed by atoms with E-state index in [1.165, 1.54) is 11.8 Å². The summed E-state index contributed by atoms with van der Waals surface area (Å²) in [6.45, 7) is 4.15. The average molecular weight is 325 g/mol. The molecule has 0 spiro atoms. The molecule has 124 valence electrons. The van der Waals surface area contributed by atoms with E-state index in [-0.39, 0.29) is 5.82 Å². The molecule has 0 bridgehead atoms. The van der Waals surface area contributed by atoms with E-state index < -0.39 is 0 Å². The second-order valence-electron chi connectivity index (χ2n) is 5.88. The normalized spacial score (nSPS) is 15.1. The van der Waals surface area contributed by atoms with Gasteiger partial charge in [0.1, 0.15) is 11.6 Å². The van der Waals surface area contributed by atoms with E-state index in [0.717, 1.165) is 31.9 Å². The number of rotatable bonds is 4. The first-order valence-corrected chi connectivity index (χ1v) is 7.99. The van der Waals surface area contributed by atoms with E-state index >= 15 is 0 Å². The number of hydrogen-bond donors (Lipinski definition) is 0. The number of nitrogens with zero attached hydrogens (tertiary/aromatic N) is 3. The molecule has 0 amide bonds. The number of anilines is 1. The lowest BCUT2D eigenvalue weighted by molar-refractivity contribution is 0.246. The van der Waals surface area contributed by atoms with E-state index in [0.29, 0.717) is 17.7 Å². The van der Waals surface area contributed by atoms with Crippen LogP contribution in [-0.4, -0.2) is 38.2 Å². The molecule has 1 aliphatic rings. The fourth-order valence-corrected chi connectivity index (χ4v) is 2.94. The second kappa shape index (κ2) is 7.33. The van der Waals surface area contributed by atoms with Crippen molar-refractivity contribution in [2.24, 2.45) is 0 Å². The van der Waals surface area contributed by atoms with Crippen LogP contribution >= 0.6 is 0 Å². The van der Waals surface area contributed by atoms with Crippen LogP contribution in [0.2, 0.25) is 0 Å². The maximum absolute atomic E-state index is 14.0. The van der Waals surface area contributed by atoms with Gasteiger partial charge in [-0.2, -0.15) is 5.26 Å². The second-order valence-corrected chi connectivity index (χ2v) is 5.88. The van der Waals surface area contributed by atoms with Crippen LogP contribution in [0.5, 0.6) is 5.75 Å². The number of ether oxygens (including phenoxy) is 1. The third-order valence-electron chi connectivity index (χ3n) is 4.39. The molecule has 0 saturated carbocycles. The van der Waals surface area contributed by atoms with E-state index in [1.54, 1.807) is 19.2 Å². The number of methoxy groups -OCH3 is 1. The number of benzene rings is 2. The molecule has 0 radical (unpaired) electrons. The zero-order chi connectivity index (χ0) is 16.9. The molecule has 1 aliphatic heterocycles. The Labute approximate surface area is 141 Å². The van der Waals surface area contributed by atoms with Crippen molar-refractivity contribution < 1.29 is 9.13 Å². The van der Waals surface area contributed by atoms with Crippen LogP contribution in [0, 0.1) is 17.1 Å². The van der Waals surface area contributed by atoms with E-state index in [4.69, 9.17) is 10.00 Å². The van der Waals surface area contributed by atoms with Gasteiger partial charge in [-0.25, -0.2) is 4.39 Å². The average Bonchev–Trinajstić information content (AvgIpc) is 2.64. The zero-order valence-corrected chi connectivity index (χ0v) is 13.7. The van der Waals surface area contributed by atoms with Gasteiger partial charge in [-0.15, -0.1) is 0 Å². The highest BCUT2D eigenvalue weighted by molar-refractivity contribution is 5.49. The minimum Gasteiger partial charge on any atom is -0.497 e. The lowest BCUT2D eigenvalue weighted by Gasteiger charge is -2.36. The Morgan fingerprint density at radius 1 is 1.08 bits per heavy atom. The lowest BCUT2D eigenvalue weighted by Crippen LogP contribution is -2.46. The summed E-state index contributed by atoms with van der Waals surface area (Å²) >= 11 is 0. The van der Waals surface area contributed by atoms with Gasteiger partial charge in [-0.05, 0) is 36.4 Å². The van der Waals surface area contributed by atoms with Crippen LogP contribution < -0.4 is 9.64 Å². The highest BCUT2D eigenvalue weighted by atomic mass is 19.1. The fraction of sp³-hybridized carbons (Fsp3) is 0.316. The van der Waals surface area contributed by atoms with Crippen molar-refractivity contribution in [1.29, 1.82) is 5.26 Å². The monoisotopic (exact) mass is 325 g/mol. The highest BCUT2D eigenvalue weighted by Gasteiger charge is 2.18. The molecular weight excluding hydrogens is 305 g/mol. The van der Waals surface area contributed by atoms with Gasteiger partial charge in [0.25, 0.3) is 0 Å². The molecule has 0 unspecified atom stereocenters. The lowest BCUT2D eigenvalue weighted by atomic mass is 10.1. The van der Waals surface area contributed by atoms with Crippen LogP contribution in [-0.2, 0) is 6.54 Å². The van der Waals surface area contributed by atoms with Gasteiger partial charge in [0, 0.05) is 44.0 Å². The molecule has 1 saturated heterocycles. The predicted molar refractivity (Wildman–Crippen MR) is 91.6 cm³/mol. The Morgan fingerprint density at radius 3 is 2.38 bits per heavy atom. The quantitative estimate of drug-likeness (QED) is 0.866. The van der Waals surface area contributed by atoms with Crippen molar-refractivity contribution in [3.05, 3.63) is 59.4 Å². The third-order valence-corrected chi connectivity index (χ3v) is 4.39. The molecule has 2 aromatic rings. The molecule has 0 aromatic heterocycles. The van der Waals surface area contributed by atoms with E-state index in [2.05, 4.69) is 21.9 Å². The zero-order valence-electron chi connectivity index (χ0n) is 13.7. The molecule has 0 N–H and O–H groups in total. The number of nitriles is 1. The third kappa shape index (κ3) is 3.66. The first kappa shape index (κ1) is 16.3. The Bertz CT molecular complexity index is 731. The van der Waals surface area contributed by atoms with Gasteiger partial charge >= 0.3 is 0 Å². The number of piperazine rings is 1. The van der Waals surface area contributed by atoms with Crippen molar-refractivity contribution in [1.82, 2.24) is 4.90 Å². The van der Waals surface area contributed by atoms with Crippen LogP contribution in [0.4, 0.5) is 10.1 Å². The number of hydrogen-bond acceptors (Lipinski definition) is 4. The van der Waals surface area contributed by atoms with Crippen molar-refractivity contribution in [2.45, 2.75) is 6.54 Å². The Morgan fingerprint density at radius 2 is 1.79 bits per heavy atom. The molecular formula is C19H20FN3O. The summed E-state index contributed by atoms with van der Waals surface area (Å²) < 4.78 is 19.2. The first-order chi connectivity index (χ1) is 11.7. The van der Waals surface area contributed by atoms with Crippen molar-refractivity contribution >= 4 is 5.69 Å². The fourth-order valence-electron chi connectivity index (χ4n) is 2.94. The predicted octanol–water partition coefficient (Wildman–Crippen LogP) is 3.03. The Balaban J connectivity index is 1.58. The molecule has 3 rings (SSSR count). The summed E-state index contributed by atoms with van der Waals surface area (Å²) in [7, 11) is 1.66. The van der Waals surface area contributed by atoms with Crippen LogP contribution in [0.3, 0.4) is 0 Å². The molecule has 5 heteroatoms. The van der Waals surface area contributed by atoms with Gasteiger partial charge < -0.3 is 9.64 Å². The molecule has 0 aliphatic carbocycles. The van der Waals surface area contributed by atoms with E-state index in [9.17, 15) is 4.39 Å². The Kier molecular flexibility index (Phi) is 4.97. The molecule has 1 fully saturated rings. The molecule has 24 heavy (non-hydrogen) atoms. The maximum Gasteiger partial charge on any atom is 0.129 e. The van der Waals surface area contributed by atoms with Gasteiger partial charge in [0.15, 0.2) is 0 Å². The maximum atomic E-state index is 14.0. The molecule has 4 nitrogen and oxygen atoms in total. The summed E-state index contributed by atoms with van der Waals surface area (Å²) in [4.78, 5) is 4.57. The number of halogens is 1. The van der Waals surface area contributed by atoms with Gasteiger partial charge in [0.2, 0.25) is 0 Å². The first-order valence-electron chi connectivity index (χ1n) is 7.99. The molecule has 1 heterocycles. The molecule has 2 aromatic carbocycles. The van der Waals surface area contributed by atoms with Crippen molar-refractivity contribution in [2.75, 3.05) is 38.2 Å². The van der Waals surface area contributed by atoms with Crippen LogP contribution in [0.1, 0.15) is 11.1 Å². The van der Waals surface area contributed by atoms with Crippen molar-refractivity contribution in [3.8, 4) is 11.8 Å². The van der Waals surface area contributed by atoms with Crippen molar-refractivity contribution in [3.63, 3.8) is 0 Å². The summed E-state index contributed by atoms with van der Waals surface area (Å²) in [5.74, 6) is 0.556. The molecule has 0 atom stereocenters. The topological polar surface area (TPSA) is 39.5 Å². The van der Waals surface area contributed by atoms with Crippen LogP contribution in [0.15, 0.2) is 42.5 Å².